The maximum absolute atomic E-state index is 12.2. The Hall–Kier alpha value is -2.41. The van der Waals surface area contributed by atoms with Crippen molar-refractivity contribution in [3.63, 3.8) is 0 Å². The summed E-state index contributed by atoms with van der Waals surface area (Å²) in [5.74, 6) is 5.79. The smallest absolute Gasteiger partial charge is 0.264 e. The van der Waals surface area contributed by atoms with Crippen LogP contribution < -0.4 is 11.3 Å². The molecule has 128 valence electrons. The molecule has 9 heteroatoms. The van der Waals surface area contributed by atoms with Gasteiger partial charge in [-0.3, -0.25) is 9.78 Å². The van der Waals surface area contributed by atoms with Gasteiger partial charge in [0.05, 0.1) is 12.7 Å². The van der Waals surface area contributed by atoms with Crippen LogP contribution in [0.2, 0.25) is 0 Å². The van der Waals surface area contributed by atoms with E-state index in [4.69, 9.17) is 10.5 Å². The molecule has 2 aromatic rings. The number of fused-ring (bicyclic) bond motifs is 1. The number of rotatable bonds is 3. The van der Waals surface area contributed by atoms with E-state index in [-0.39, 0.29) is 35.7 Å². The minimum Gasteiger partial charge on any atom is -0.394 e. The second kappa shape index (κ2) is 6.60. The second-order valence-corrected chi connectivity index (χ2v) is 5.61. The van der Waals surface area contributed by atoms with E-state index in [1.807, 2.05) is 6.92 Å². The van der Waals surface area contributed by atoms with Crippen molar-refractivity contribution in [1.29, 1.82) is 0 Å². The van der Waals surface area contributed by atoms with Crippen molar-refractivity contribution in [2.45, 2.75) is 44.6 Å². The van der Waals surface area contributed by atoms with Crippen molar-refractivity contribution in [1.82, 2.24) is 19.7 Å². The number of aliphatic hydroxyl groups is 2. The SMILES string of the molecule is CCCC#Cc1nn([C@H]2C[C@H](O)[C@@H](CO)O2)c2nc(N)[nH]c(=O)c12. The van der Waals surface area contributed by atoms with Crippen LogP contribution in [-0.4, -0.2) is 48.8 Å². The van der Waals surface area contributed by atoms with Gasteiger partial charge in [-0.15, -0.1) is 0 Å². The number of hydrogen-bond acceptors (Lipinski definition) is 7. The Labute approximate surface area is 137 Å². The molecule has 1 saturated heterocycles. The Morgan fingerprint density at radius 3 is 3.00 bits per heavy atom. The number of unbranched alkanes of at least 4 members (excludes halogenated alkanes) is 1. The summed E-state index contributed by atoms with van der Waals surface area (Å²) in [4.78, 5) is 18.8. The molecule has 0 spiro atoms. The molecule has 0 bridgehead atoms. The minimum absolute atomic E-state index is 0.0426. The first-order valence-corrected chi connectivity index (χ1v) is 7.76. The molecule has 24 heavy (non-hydrogen) atoms. The predicted octanol–water partition coefficient (Wildman–Crippen LogP) is -0.506. The van der Waals surface area contributed by atoms with Gasteiger partial charge in [0.15, 0.2) is 17.6 Å². The summed E-state index contributed by atoms with van der Waals surface area (Å²) in [5, 5.41) is 23.7. The summed E-state index contributed by atoms with van der Waals surface area (Å²) >= 11 is 0. The van der Waals surface area contributed by atoms with Crippen LogP contribution in [-0.2, 0) is 4.74 Å². The summed E-state index contributed by atoms with van der Waals surface area (Å²) in [7, 11) is 0. The van der Waals surface area contributed by atoms with Gasteiger partial charge >= 0.3 is 0 Å². The van der Waals surface area contributed by atoms with E-state index in [1.54, 1.807) is 0 Å². The summed E-state index contributed by atoms with van der Waals surface area (Å²) in [6.07, 6.45) is -0.395. The first kappa shape index (κ1) is 16.4. The molecule has 3 heterocycles. The van der Waals surface area contributed by atoms with Gasteiger partial charge in [-0.05, 0) is 12.3 Å². The fourth-order valence-electron chi connectivity index (χ4n) is 2.65. The van der Waals surface area contributed by atoms with E-state index in [9.17, 15) is 15.0 Å². The Kier molecular flexibility index (Phi) is 4.53. The number of aliphatic hydroxyl groups excluding tert-OH is 2. The van der Waals surface area contributed by atoms with Crippen LogP contribution in [0.5, 0.6) is 0 Å². The van der Waals surface area contributed by atoms with Gasteiger partial charge in [0.25, 0.3) is 5.56 Å². The predicted molar refractivity (Wildman–Crippen MR) is 86.0 cm³/mol. The van der Waals surface area contributed by atoms with E-state index in [2.05, 4.69) is 26.9 Å². The zero-order valence-corrected chi connectivity index (χ0v) is 13.2. The lowest BCUT2D eigenvalue weighted by Crippen LogP contribution is -2.24. The first-order chi connectivity index (χ1) is 11.5. The zero-order valence-electron chi connectivity index (χ0n) is 13.2. The molecule has 0 amide bonds. The monoisotopic (exact) mass is 333 g/mol. The molecule has 3 rings (SSSR count). The highest BCUT2D eigenvalue weighted by molar-refractivity contribution is 5.81. The highest BCUT2D eigenvalue weighted by Crippen LogP contribution is 2.30. The van der Waals surface area contributed by atoms with Crippen molar-refractivity contribution < 1.29 is 14.9 Å². The molecule has 5 N–H and O–H groups in total. The molecule has 2 aromatic heterocycles. The van der Waals surface area contributed by atoms with Crippen molar-refractivity contribution in [2.24, 2.45) is 0 Å². The Morgan fingerprint density at radius 1 is 1.54 bits per heavy atom. The molecule has 1 aliphatic heterocycles. The normalized spacial score (nSPS) is 23.4. The number of aromatic amines is 1. The molecular weight excluding hydrogens is 314 g/mol. The first-order valence-electron chi connectivity index (χ1n) is 7.76. The molecule has 0 aliphatic carbocycles. The Balaban J connectivity index is 2.12. The maximum Gasteiger partial charge on any atom is 0.264 e. The molecule has 0 saturated carbocycles. The van der Waals surface area contributed by atoms with Crippen LogP contribution in [0, 0.1) is 11.8 Å². The molecule has 1 fully saturated rings. The fraction of sp³-hybridized carbons (Fsp3) is 0.533. The average Bonchev–Trinajstić information content (AvgIpc) is 3.08. The third-order valence-electron chi connectivity index (χ3n) is 3.82. The number of ether oxygens (including phenoxy) is 1. The van der Waals surface area contributed by atoms with Crippen molar-refractivity contribution in [3.8, 4) is 11.8 Å². The topological polar surface area (TPSA) is 139 Å². The van der Waals surface area contributed by atoms with Crippen molar-refractivity contribution >= 4 is 17.0 Å². The molecule has 0 radical (unpaired) electrons. The van der Waals surface area contributed by atoms with Gasteiger partial charge in [0.2, 0.25) is 5.95 Å². The van der Waals surface area contributed by atoms with Crippen LogP contribution >= 0.6 is 0 Å². The third-order valence-corrected chi connectivity index (χ3v) is 3.82. The maximum atomic E-state index is 12.2. The molecule has 3 atom stereocenters. The van der Waals surface area contributed by atoms with Crippen LogP contribution in [0.3, 0.4) is 0 Å². The average molecular weight is 333 g/mol. The molecular formula is C15H19N5O4. The largest absolute Gasteiger partial charge is 0.394 e. The minimum atomic E-state index is -0.826. The lowest BCUT2D eigenvalue weighted by molar-refractivity contribution is -0.0470. The van der Waals surface area contributed by atoms with Gasteiger partial charge in [-0.2, -0.15) is 10.1 Å². The van der Waals surface area contributed by atoms with E-state index < -0.39 is 24.0 Å². The Morgan fingerprint density at radius 2 is 2.33 bits per heavy atom. The van der Waals surface area contributed by atoms with E-state index in [0.717, 1.165) is 6.42 Å². The van der Waals surface area contributed by atoms with Crippen LogP contribution in [0.25, 0.3) is 11.0 Å². The molecule has 1 aliphatic rings. The third kappa shape index (κ3) is 2.87. The lowest BCUT2D eigenvalue weighted by Gasteiger charge is -2.12. The van der Waals surface area contributed by atoms with Crippen LogP contribution in [0.1, 0.15) is 38.1 Å². The van der Waals surface area contributed by atoms with Crippen molar-refractivity contribution in [3.05, 3.63) is 16.0 Å². The summed E-state index contributed by atoms with van der Waals surface area (Å²) < 4.78 is 6.99. The van der Waals surface area contributed by atoms with E-state index in [1.165, 1.54) is 4.68 Å². The van der Waals surface area contributed by atoms with Gasteiger partial charge < -0.3 is 20.7 Å². The number of hydrogen-bond donors (Lipinski definition) is 4. The second-order valence-electron chi connectivity index (χ2n) is 5.61. The molecule has 9 nitrogen and oxygen atoms in total. The van der Waals surface area contributed by atoms with Crippen LogP contribution in [0.15, 0.2) is 4.79 Å². The lowest BCUT2D eigenvalue weighted by atomic mass is 10.2. The number of nitrogens with zero attached hydrogens (tertiary/aromatic N) is 3. The van der Waals surface area contributed by atoms with E-state index in [0.29, 0.717) is 6.42 Å². The molecule has 0 aromatic carbocycles. The van der Waals surface area contributed by atoms with Gasteiger partial charge in [0, 0.05) is 12.8 Å². The van der Waals surface area contributed by atoms with E-state index >= 15 is 0 Å². The number of nitrogen functional groups attached to an aromatic ring is 1. The highest BCUT2D eigenvalue weighted by Gasteiger charge is 2.36. The number of nitrogens with one attached hydrogen (secondary N) is 1. The standard InChI is InChI=1S/C15H19N5O4/c1-2-3-4-5-8-12-13(17-15(16)18-14(12)23)20(19-8)11-6-9(22)10(7-21)24-11/h9-11,21-22H,2-3,6-7H2,1H3,(H3,16,17,18,23)/t9-,10+,11+/m0/s1. The van der Waals surface area contributed by atoms with Gasteiger partial charge in [-0.1, -0.05) is 12.8 Å². The summed E-state index contributed by atoms with van der Waals surface area (Å²) in [5.41, 5.74) is 5.73. The zero-order chi connectivity index (χ0) is 17.3. The highest BCUT2D eigenvalue weighted by atomic mass is 16.5. The number of H-pyrrole nitrogens is 1. The number of nitrogens with two attached hydrogens (primary N) is 1. The van der Waals surface area contributed by atoms with Gasteiger partial charge in [-0.25, -0.2) is 4.68 Å². The number of anilines is 1. The summed E-state index contributed by atoms with van der Waals surface area (Å²) in [6.45, 7) is 1.69. The number of aromatic nitrogens is 4. The summed E-state index contributed by atoms with van der Waals surface area (Å²) in [6, 6.07) is 0. The Bertz CT molecular complexity index is 862. The van der Waals surface area contributed by atoms with Crippen LogP contribution in [0.4, 0.5) is 5.95 Å². The van der Waals surface area contributed by atoms with Crippen molar-refractivity contribution in [2.75, 3.05) is 12.3 Å². The van der Waals surface area contributed by atoms with Gasteiger partial charge in [0.1, 0.15) is 11.5 Å². The molecule has 0 unspecified atom stereocenters. The fourth-order valence-corrected chi connectivity index (χ4v) is 2.65. The quantitative estimate of drug-likeness (QED) is 0.555.